The summed E-state index contributed by atoms with van der Waals surface area (Å²) >= 11 is 0. The number of nitrogens with zero attached hydrogens (tertiary/aromatic N) is 2. The summed E-state index contributed by atoms with van der Waals surface area (Å²) in [6, 6.07) is 17.3. The molecule has 0 aliphatic heterocycles. The lowest BCUT2D eigenvalue weighted by atomic mass is 10.1. The highest BCUT2D eigenvalue weighted by Crippen LogP contribution is 2.32. The van der Waals surface area contributed by atoms with Crippen LogP contribution in [0.15, 0.2) is 77.7 Å². The molecule has 9 nitrogen and oxygen atoms in total. The van der Waals surface area contributed by atoms with Crippen LogP contribution in [-0.4, -0.2) is 58.0 Å². The maximum absolute atomic E-state index is 14.0. The van der Waals surface area contributed by atoms with Crippen LogP contribution in [0.4, 0.5) is 10.1 Å². The summed E-state index contributed by atoms with van der Waals surface area (Å²) in [5.41, 5.74) is 0.865. The Hall–Kier alpha value is -4.12. The average Bonchev–Trinajstić information content (AvgIpc) is 3.51. The van der Waals surface area contributed by atoms with Gasteiger partial charge in [-0.15, -0.1) is 0 Å². The Morgan fingerprint density at radius 1 is 0.952 bits per heavy atom. The van der Waals surface area contributed by atoms with E-state index >= 15 is 0 Å². The molecule has 1 aliphatic carbocycles. The van der Waals surface area contributed by atoms with Crippen molar-refractivity contribution in [2.24, 2.45) is 0 Å². The number of hydrogen-bond acceptors (Lipinski definition) is 6. The molecule has 0 radical (unpaired) electrons. The van der Waals surface area contributed by atoms with E-state index in [1.165, 1.54) is 49.5 Å². The normalized spacial score (nSPS) is 14.2. The molecule has 1 N–H and O–H groups in total. The molecule has 11 heteroatoms. The van der Waals surface area contributed by atoms with Crippen molar-refractivity contribution in [2.75, 3.05) is 25.1 Å². The first kappa shape index (κ1) is 30.8. The minimum Gasteiger partial charge on any atom is -0.493 e. The molecule has 4 rings (SSSR count). The van der Waals surface area contributed by atoms with E-state index < -0.39 is 34.3 Å². The van der Waals surface area contributed by atoms with Crippen LogP contribution < -0.4 is 19.1 Å². The number of anilines is 1. The van der Waals surface area contributed by atoms with Gasteiger partial charge in [-0.05, 0) is 61.7 Å². The number of ether oxygens (including phenoxy) is 2. The van der Waals surface area contributed by atoms with Crippen LogP contribution in [0.2, 0.25) is 0 Å². The molecule has 42 heavy (non-hydrogen) atoms. The summed E-state index contributed by atoms with van der Waals surface area (Å²) in [4.78, 5) is 28.5. The standard InChI is InChI=1S/C31H36FN3O6S/c1-22(31(37)33-25-11-7-8-12-25)34(20-23-9-5-4-6-10-23)30(36)21-35(26-15-13-24(32)14-16-26)42(38,39)27-17-18-28(40-2)29(19-27)41-3/h4-6,9-10,13-19,22,25H,7-8,11-12,20-21H2,1-3H3,(H,33,37)/t22-/m1/s1. The number of nitrogens with one attached hydrogen (secondary N) is 1. The van der Waals surface area contributed by atoms with Gasteiger partial charge in [-0.1, -0.05) is 43.2 Å². The number of halogens is 1. The van der Waals surface area contributed by atoms with Crippen LogP contribution >= 0.6 is 0 Å². The lowest BCUT2D eigenvalue weighted by Crippen LogP contribution is -2.52. The largest absolute Gasteiger partial charge is 0.493 e. The van der Waals surface area contributed by atoms with Crippen molar-refractivity contribution in [3.8, 4) is 11.5 Å². The van der Waals surface area contributed by atoms with E-state index in [9.17, 15) is 22.4 Å². The van der Waals surface area contributed by atoms with Crippen LogP contribution in [0.5, 0.6) is 11.5 Å². The maximum Gasteiger partial charge on any atom is 0.264 e. The van der Waals surface area contributed by atoms with Gasteiger partial charge in [-0.25, -0.2) is 12.8 Å². The van der Waals surface area contributed by atoms with Crippen molar-refractivity contribution < 1.29 is 31.9 Å². The summed E-state index contributed by atoms with van der Waals surface area (Å²) in [5.74, 6) is -0.941. The Balaban J connectivity index is 1.70. The molecule has 0 saturated heterocycles. The average molecular weight is 598 g/mol. The minimum absolute atomic E-state index is 0.0507. The van der Waals surface area contributed by atoms with Gasteiger partial charge >= 0.3 is 0 Å². The molecule has 2 amide bonds. The molecule has 1 fully saturated rings. The highest BCUT2D eigenvalue weighted by Gasteiger charge is 2.33. The summed E-state index contributed by atoms with van der Waals surface area (Å²) in [5, 5.41) is 3.04. The van der Waals surface area contributed by atoms with Gasteiger partial charge in [-0.2, -0.15) is 0 Å². The zero-order chi connectivity index (χ0) is 30.3. The van der Waals surface area contributed by atoms with E-state index in [1.54, 1.807) is 6.92 Å². The van der Waals surface area contributed by atoms with Gasteiger partial charge in [0.1, 0.15) is 18.4 Å². The molecule has 3 aromatic rings. The van der Waals surface area contributed by atoms with Gasteiger partial charge in [0.05, 0.1) is 24.8 Å². The first-order chi connectivity index (χ1) is 20.1. The smallest absolute Gasteiger partial charge is 0.264 e. The second kappa shape index (κ2) is 13.7. The van der Waals surface area contributed by atoms with Crippen LogP contribution in [0.1, 0.15) is 38.2 Å². The highest BCUT2D eigenvalue weighted by atomic mass is 32.2. The van der Waals surface area contributed by atoms with Crippen molar-refractivity contribution in [2.45, 2.75) is 56.1 Å². The van der Waals surface area contributed by atoms with Gasteiger partial charge in [0.2, 0.25) is 11.8 Å². The molecule has 1 atom stereocenters. The number of hydrogen-bond donors (Lipinski definition) is 1. The SMILES string of the molecule is COc1ccc(S(=O)(=O)N(CC(=O)N(Cc2ccccc2)[C@H](C)C(=O)NC2CCCC2)c2ccc(F)cc2)cc1OC. The Kier molecular flexibility index (Phi) is 10.1. The van der Waals surface area contributed by atoms with Gasteiger partial charge in [0.25, 0.3) is 10.0 Å². The number of methoxy groups -OCH3 is 2. The second-order valence-corrected chi connectivity index (χ2v) is 12.0. The Bertz CT molecular complexity index is 1480. The van der Waals surface area contributed by atoms with Crippen LogP contribution in [0.3, 0.4) is 0 Å². The Morgan fingerprint density at radius 2 is 1.60 bits per heavy atom. The van der Waals surface area contributed by atoms with E-state index in [0.29, 0.717) is 5.75 Å². The molecule has 0 heterocycles. The maximum atomic E-state index is 14.0. The van der Waals surface area contributed by atoms with E-state index in [2.05, 4.69) is 5.32 Å². The number of rotatable bonds is 12. The quantitative estimate of drug-likeness (QED) is 0.329. The molecule has 1 aliphatic rings. The second-order valence-electron chi connectivity index (χ2n) is 10.2. The number of carbonyl (C=O) groups is 2. The predicted molar refractivity (Wildman–Crippen MR) is 157 cm³/mol. The van der Waals surface area contributed by atoms with Gasteiger partial charge in [-0.3, -0.25) is 13.9 Å². The van der Waals surface area contributed by atoms with Crippen LogP contribution in [0.25, 0.3) is 0 Å². The molecule has 3 aromatic carbocycles. The summed E-state index contributed by atoms with van der Waals surface area (Å²) in [6.07, 6.45) is 3.83. The van der Waals surface area contributed by atoms with Crippen molar-refractivity contribution in [3.63, 3.8) is 0 Å². The van der Waals surface area contributed by atoms with E-state index in [4.69, 9.17) is 9.47 Å². The fourth-order valence-electron chi connectivity index (χ4n) is 4.99. The molecule has 1 saturated carbocycles. The third kappa shape index (κ3) is 7.20. The zero-order valence-corrected chi connectivity index (χ0v) is 24.8. The molecular weight excluding hydrogens is 561 g/mol. The monoisotopic (exact) mass is 597 g/mol. The number of benzene rings is 3. The van der Waals surface area contributed by atoms with E-state index in [0.717, 1.165) is 47.7 Å². The number of sulfonamides is 1. The van der Waals surface area contributed by atoms with Crippen molar-refractivity contribution >= 4 is 27.5 Å². The first-order valence-corrected chi connectivity index (χ1v) is 15.2. The Labute approximate surface area is 246 Å². The summed E-state index contributed by atoms with van der Waals surface area (Å²) in [6.45, 7) is 1.10. The van der Waals surface area contributed by atoms with Gasteiger partial charge in [0, 0.05) is 18.7 Å². The molecule has 0 unspecified atom stereocenters. The van der Waals surface area contributed by atoms with Crippen LogP contribution in [0, 0.1) is 5.82 Å². The van der Waals surface area contributed by atoms with Crippen molar-refractivity contribution in [1.29, 1.82) is 0 Å². The van der Waals surface area contributed by atoms with Crippen molar-refractivity contribution in [3.05, 3.63) is 84.2 Å². The Morgan fingerprint density at radius 3 is 2.21 bits per heavy atom. The lowest BCUT2D eigenvalue weighted by molar-refractivity contribution is -0.139. The zero-order valence-electron chi connectivity index (χ0n) is 24.0. The van der Waals surface area contributed by atoms with Crippen LogP contribution in [-0.2, 0) is 26.2 Å². The van der Waals surface area contributed by atoms with E-state index in [1.807, 2.05) is 30.3 Å². The predicted octanol–water partition coefficient (Wildman–Crippen LogP) is 4.51. The number of carbonyl (C=O) groups excluding carboxylic acids is 2. The molecular formula is C31H36FN3O6S. The lowest BCUT2D eigenvalue weighted by Gasteiger charge is -2.32. The fraction of sp³-hybridized carbons (Fsp3) is 0.355. The third-order valence-electron chi connectivity index (χ3n) is 7.40. The summed E-state index contributed by atoms with van der Waals surface area (Å²) < 4.78 is 53.3. The summed E-state index contributed by atoms with van der Waals surface area (Å²) in [7, 11) is -1.55. The van der Waals surface area contributed by atoms with Gasteiger partial charge < -0.3 is 19.7 Å². The first-order valence-electron chi connectivity index (χ1n) is 13.8. The minimum atomic E-state index is -4.36. The van der Waals surface area contributed by atoms with Crippen molar-refractivity contribution in [1.82, 2.24) is 10.2 Å². The molecule has 0 bridgehead atoms. The molecule has 0 aromatic heterocycles. The topological polar surface area (TPSA) is 105 Å². The molecule has 224 valence electrons. The fourth-order valence-corrected chi connectivity index (χ4v) is 6.43. The van der Waals surface area contributed by atoms with E-state index in [-0.39, 0.29) is 34.8 Å². The van der Waals surface area contributed by atoms with Gasteiger partial charge in [0.15, 0.2) is 11.5 Å². The third-order valence-corrected chi connectivity index (χ3v) is 9.17. The highest BCUT2D eigenvalue weighted by molar-refractivity contribution is 7.92. The number of amides is 2. The molecule has 0 spiro atoms.